The zero-order valence-corrected chi connectivity index (χ0v) is 16.3. The number of amides is 3. The molecular weight excluding hydrogens is 384 g/mol. The Morgan fingerprint density at radius 2 is 1.48 bits per heavy atom. The van der Waals surface area contributed by atoms with Crippen LogP contribution in [-0.4, -0.2) is 23.0 Å². The lowest BCUT2D eigenvalue weighted by molar-refractivity contribution is -0.121. The van der Waals surface area contributed by atoms with Gasteiger partial charge in [0.25, 0.3) is 5.91 Å². The number of imide groups is 1. The van der Waals surface area contributed by atoms with Crippen molar-refractivity contribution in [3.63, 3.8) is 0 Å². The number of benzene rings is 3. The molecule has 0 aliphatic carbocycles. The van der Waals surface area contributed by atoms with Crippen LogP contribution in [-0.2, 0) is 9.59 Å². The maximum absolute atomic E-state index is 12.9. The van der Waals surface area contributed by atoms with Crippen molar-refractivity contribution >= 4 is 40.9 Å². The number of carbonyl (C=O) groups is 3. The molecule has 3 aromatic carbocycles. The van der Waals surface area contributed by atoms with Crippen molar-refractivity contribution in [3.8, 4) is 0 Å². The van der Waals surface area contributed by atoms with Gasteiger partial charge in [-0.1, -0.05) is 48.5 Å². The summed E-state index contributed by atoms with van der Waals surface area (Å²) in [6.07, 6.45) is 0.104. The number of para-hydroxylation sites is 2. The molecule has 6 heteroatoms. The Morgan fingerprint density at radius 1 is 0.862 bits per heavy atom. The number of rotatable bonds is 5. The first-order valence-corrected chi connectivity index (χ1v) is 10.1. The van der Waals surface area contributed by atoms with Crippen molar-refractivity contribution < 1.29 is 14.4 Å². The summed E-state index contributed by atoms with van der Waals surface area (Å²) in [4.78, 5) is 40.0. The molecule has 1 atom stereocenters. The van der Waals surface area contributed by atoms with Gasteiger partial charge in [0.15, 0.2) is 0 Å². The van der Waals surface area contributed by atoms with Crippen LogP contribution >= 0.6 is 11.8 Å². The van der Waals surface area contributed by atoms with E-state index in [1.807, 2.05) is 42.5 Å². The normalized spacial score (nSPS) is 16.1. The van der Waals surface area contributed by atoms with E-state index in [1.54, 1.807) is 42.5 Å². The summed E-state index contributed by atoms with van der Waals surface area (Å²) in [6, 6.07) is 25.2. The van der Waals surface area contributed by atoms with Gasteiger partial charge in [-0.2, -0.15) is 0 Å². The number of nitrogens with one attached hydrogen (secondary N) is 1. The van der Waals surface area contributed by atoms with Crippen molar-refractivity contribution in [1.82, 2.24) is 0 Å². The second kappa shape index (κ2) is 8.32. The SMILES string of the molecule is O=C(Nc1ccccc1)c1ccccc1SC1CC(=O)N(c2ccccc2)C1=O. The Morgan fingerprint density at radius 3 is 2.21 bits per heavy atom. The minimum atomic E-state index is -0.562. The number of carbonyl (C=O) groups excluding carboxylic acids is 3. The fourth-order valence-electron chi connectivity index (χ4n) is 3.17. The molecule has 3 aromatic rings. The fourth-order valence-corrected chi connectivity index (χ4v) is 4.36. The molecule has 5 nitrogen and oxygen atoms in total. The Bertz CT molecular complexity index is 1050. The van der Waals surface area contributed by atoms with E-state index in [0.29, 0.717) is 21.8 Å². The maximum atomic E-state index is 12.9. The lowest BCUT2D eigenvalue weighted by Crippen LogP contribution is -2.31. The Labute approximate surface area is 172 Å². The Hall–Kier alpha value is -3.38. The zero-order chi connectivity index (χ0) is 20.2. The Balaban J connectivity index is 1.54. The topological polar surface area (TPSA) is 66.5 Å². The molecule has 1 saturated heterocycles. The number of anilines is 2. The van der Waals surface area contributed by atoms with Gasteiger partial charge in [-0.3, -0.25) is 14.4 Å². The van der Waals surface area contributed by atoms with Crippen LogP contribution < -0.4 is 10.2 Å². The van der Waals surface area contributed by atoms with Gasteiger partial charge in [0.2, 0.25) is 11.8 Å². The molecule has 0 bridgehead atoms. The first-order valence-electron chi connectivity index (χ1n) is 9.17. The molecule has 4 rings (SSSR count). The van der Waals surface area contributed by atoms with E-state index in [0.717, 1.165) is 0 Å². The van der Waals surface area contributed by atoms with Crippen molar-refractivity contribution in [2.45, 2.75) is 16.6 Å². The molecule has 0 aromatic heterocycles. The van der Waals surface area contributed by atoms with Crippen LogP contribution in [0.4, 0.5) is 11.4 Å². The second-order valence-corrected chi connectivity index (χ2v) is 7.77. The van der Waals surface area contributed by atoms with Crippen molar-refractivity contribution in [2.24, 2.45) is 0 Å². The summed E-state index contributed by atoms with van der Waals surface area (Å²) in [5, 5.41) is 2.30. The highest BCUT2D eigenvalue weighted by Crippen LogP contribution is 2.35. The molecular formula is C23H18N2O3S. The second-order valence-electron chi connectivity index (χ2n) is 6.53. The first kappa shape index (κ1) is 19.0. The molecule has 1 aliphatic rings. The molecule has 0 radical (unpaired) electrons. The predicted octanol–water partition coefficient (Wildman–Crippen LogP) is 4.36. The summed E-state index contributed by atoms with van der Waals surface area (Å²) in [6.45, 7) is 0. The van der Waals surface area contributed by atoms with Crippen LogP contribution in [0, 0.1) is 0 Å². The smallest absolute Gasteiger partial charge is 0.256 e. The molecule has 0 saturated carbocycles. The standard InChI is InChI=1S/C23H18N2O3S/c26-21-15-20(23(28)25(21)17-11-5-2-6-12-17)29-19-14-8-7-13-18(19)22(27)24-16-9-3-1-4-10-16/h1-14,20H,15H2,(H,24,27). The van der Waals surface area contributed by atoms with Crippen molar-refractivity contribution in [3.05, 3.63) is 90.5 Å². The number of thioether (sulfide) groups is 1. The summed E-state index contributed by atoms with van der Waals surface area (Å²) in [5.41, 5.74) is 1.74. The molecule has 1 N–H and O–H groups in total. The van der Waals surface area contributed by atoms with Crippen molar-refractivity contribution in [2.75, 3.05) is 10.2 Å². The Kier molecular flexibility index (Phi) is 5.44. The number of hydrogen-bond acceptors (Lipinski definition) is 4. The summed E-state index contributed by atoms with van der Waals surface area (Å²) in [5.74, 6) is -0.745. The zero-order valence-electron chi connectivity index (χ0n) is 15.4. The average Bonchev–Trinajstić information content (AvgIpc) is 3.02. The van der Waals surface area contributed by atoms with E-state index < -0.39 is 5.25 Å². The highest BCUT2D eigenvalue weighted by atomic mass is 32.2. The van der Waals surface area contributed by atoms with Gasteiger partial charge in [-0.15, -0.1) is 11.8 Å². The fraction of sp³-hybridized carbons (Fsp3) is 0.0870. The molecule has 1 heterocycles. The van der Waals surface area contributed by atoms with Gasteiger partial charge in [-0.05, 0) is 36.4 Å². The van der Waals surface area contributed by atoms with Gasteiger partial charge in [0.1, 0.15) is 0 Å². The summed E-state index contributed by atoms with van der Waals surface area (Å²) < 4.78 is 0. The van der Waals surface area contributed by atoms with Crippen LogP contribution in [0.3, 0.4) is 0 Å². The highest BCUT2D eigenvalue weighted by molar-refractivity contribution is 8.00. The minimum Gasteiger partial charge on any atom is -0.322 e. The monoisotopic (exact) mass is 402 g/mol. The maximum Gasteiger partial charge on any atom is 0.256 e. The molecule has 1 aliphatic heterocycles. The van der Waals surface area contributed by atoms with Crippen LogP contribution in [0.25, 0.3) is 0 Å². The quantitative estimate of drug-likeness (QED) is 0.644. The van der Waals surface area contributed by atoms with Crippen LogP contribution in [0.2, 0.25) is 0 Å². The van der Waals surface area contributed by atoms with Gasteiger partial charge in [0.05, 0.1) is 16.5 Å². The highest BCUT2D eigenvalue weighted by Gasteiger charge is 2.40. The van der Waals surface area contributed by atoms with E-state index in [2.05, 4.69) is 5.32 Å². The van der Waals surface area contributed by atoms with E-state index in [-0.39, 0.29) is 24.1 Å². The van der Waals surface area contributed by atoms with Gasteiger partial charge in [-0.25, -0.2) is 4.90 Å². The van der Waals surface area contributed by atoms with E-state index in [9.17, 15) is 14.4 Å². The van der Waals surface area contributed by atoms with Gasteiger partial charge in [0, 0.05) is 17.0 Å². The van der Waals surface area contributed by atoms with E-state index in [4.69, 9.17) is 0 Å². The lowest BCUT2D eigenvalue weighted by Gasteiger charge is -2.15. The predicted molar refractivity (Wildman–Crippen MR) is 114 cm³/mol. The van der Waals surface area contributed by atoms with Crippen LogP contribution in [0.15, 0.2) is 89.8 Å². The summed E-state index contributed by atoms with van der Waals surface area (Å²) in [7, 11) is 0. The van der Waals surface area contributed by atoms with E-state index in [1.165, 1.54) is 16.7 Å². The third kappa shape index (κ3) is 4.07. The molecule has 0 spiro atoms. The largest absolute Gasteiger partial charge is 0.322 e. The van der Waals surface area contributed by atoms with Crippen molar-refractivity contribution in [1.29, 1.82) is 0 Å². The minimum absolute atomic E-state index is 0.104. The molecule has 1 unspecified atom stereocenters. The number of nitrogens with zero attached hydrogens (tertiary/aromatic N) is 1. The third-order valence-electron chi connectivity index (χ3n) is 4.55. The summed E-state index contributed by atoms with van der Waals surface area (Å²) >= 11 is 1.25. The lowest BCUT2D eigenvalue weighted by atomic mass is 10.2. The average molecular weight is 402 g/mol. The van der Waals surface area contributed by atoms with Gasteiger partial charge >= 0.3 is 0 Å². The molecule has 3 amide bonds. The molecule has 29 heavy (non-hydrogen) atoms. The van der Waals surface area contributed by atoms with Crippen LogP contribution in [0.1, 0.15) is 16.8 Å². The third-order valence-corrected chi connectivity index (χ3v) is 5.81. The van der Waals surface area contributed by atoms with Crippen LogP contribution in [0.5, 0.6) is 0 Å². The van der Waals surface area contributed by atoms with Gasteiger partial charge < -0.3 is 5.32 Å². The number of hydrogen-bond donors (Lipinski definition) is 1. The molecule has 1 fully saturated rings. The van der Waals surface area contributed by atoms with E-state index >= 15 is 0 Å². The molecule has 144 valence electrons. The first-order chi connectivity index (χ1) is 14.1.